The van der Waals surface area contributed by atoms with Crippen LogP contribution < -0.4 is 10.6 Å². The van der Waals surface area contributed by atoms with Gasteiger partial charge in [-0.1, -0.05) is 19.1 Å². The lowest BCUT2D eigenvalue weighted by molar-refractivity contribution is 0.624. The van der Waals surface area contributed by atoms with Crippen LogP contribution in [0, 0.1) is 5.82 Å². The van der Waals surface area contributed by atoms with Crippen LogP contribution in [0.15, 0.2) is 46.1 Å². The molecule has 1 unspecified atom stereocenters. The molecule has 1 atom stereocenters. The maximum atomic E-state index is 13.1. The molecule has 1 aromatic carbocycles. The SMILES string of the molecule is CN=C(NCCCc1cccc(F)c1)NCC(C)c1ccsc1. The molecule has 0 radical (unpaired) electrons. The van der Waals surface area contributed by atoms with Crippen molar-refractivity contribution >= 4 is 17.3 Å². The monoisotopic (exact) mass is 333 g/mol. The molecule has 3 nitrogen and oxygen atoms in total. The Balaban J connectivity index is 1.67. The van der Waals surface area contributed by atoms with Gasteiger partial charge in [-0.3, -0.25) is 4.99 Å². The molecule has 0 spiro atoms. The summed E-state index contributed by atoms with van der Waals surface area (Å²) in [4.78, 5) is 4.24. The van der Waals surface area contributed by atoms with Crippen LogP contribution in [0.25, 0.3) is 0 Å². The van der Waals surface area contributed by atoms with Crippen molar-refractivity contribution in [1.82, 2.24) is 10.6 Å². The first kappa shape index (κ1) is 17.5. The molecule has 0 aliphatic carbocycles. The largest absolute Gasteiger partial charge is 0.356 e. The van der Waals surface area contributed by atoms with Crippen LogP contribution in [-0.4, -0.2) is 26.1 Å². The third-order valence-electron chi connectivity index (χ3n) is 3.74. The number of hydrogen-bond acceptors (Lipinski definition) is 2. The minimum atomic E-state index is -0.171. The van der Waals surface area contributed by atoms with Gasteiger partial charge in [0, 0.05) is 20.1 Å². The van der Waals surface area contributed by atoms with Gasteiger partial charge in [-0.25, -0.2) is 4.39 Å². The number of thiophene rings is 1. The smallest absolute Gasteiger partial charge is 0.190 e. The lowest BCUT2D eigenvalue weighted by Gasteiger charge is -2.15. The molecule has 5 heteroatoms. The van der Waals surface area contributed by atoms with Crippen molar-refractivity contribution < 1.29 is 4.39 Å². The minimum absolute atomic E-state index is 0.171. The molecule has 0 bridgehead atoms. The zero-order valence-electron chi connectivity index (χ0n) is 13.7. The Hall–Kier alpha value is -1.88. The van der Waals surface area contributed by atoms with Crippen molar-refractivity contribution in [3.8, 4) is 0 Å². The zero-order valence-corrected chi connectivity index (χ0v) is 14.5. The fraction of sp³-hybridized carbons (Fsp3) is 0.389. The first-order valence-electron chi connectivity index (χ1n) is 7.90. The molecule has 1 aromatic heterocycles. The van der Waals surface area contributed by atoms with Crippen molar-refractivity contribution in [2.45, 2.75) is 25.7 Å². The average Bonchev–Trinajstić information content (AvgIpc) is 3.08. The van der Waals surface area contributed by atoms with E-state index in [0.29, 0.717) is 5.92 Å². The van der Waals surface area contributed by atoms with E-state index < -0.39 is 0 Å². The number of halogens is 1. The number of aryl methyl sites for hydroxylation is 1. The normalized spacial score (nSPS) is 12.9. The van der Waals surface area contributed by atoms with E-state index in [1.165, 1.54) is 11.6 Å². The highest BCUT2D eigenvalue weighted by Gasteiger charge is 2.06. The highest BCUT2D eigenvalue weighted by Crippen LogP contribution is 2.16. The second kappa shape index (κ2) is 9.30. The van der Waals surface area contributed by atoms with Gasteiger partial charge in [0.15, 0.2) is 5.96 Å². The Labute approximate surface area is 141 Å². The van der Waals surface area contributed by atoms with E-state index in [4.69, 9.17) is 0 Å². The molecular formula is C18H24FN3S. The third kappa shape index (κ3) is 6.02. The van der Waals surface area contributed by atoms with Gasteiger partial charge in [-0.05, 0) is 58.8 Å². The number of nitrogens with zero attached hydrogens (tertiary/aromatic N) is 1. The Bertz CT molecular complexity index is 610. The highest BCUT2D eigenvalue weighted by atomic mass is 32.1. The van der Waals surface area contributed by atoms with Gasteiger partial charge in [-0.15, -0.1) is 0 Å². The summed E-state index contributed by atoms with van der Waals surface area (Å²) in [7, 11) is 1.77. The number of aliphatic imine (C=N–C) groups is 1. The van der Waals surface area contributed by atoms with Gasteiger partial charge in [0.1, 0.15) is 5.82 Å². The lowest BCUT2D eigenvalue weighted by atomic mass is 10.1. The molecule has 0 aliphatic heterocycles. The van der Waals surface area contributed by atoms with Crippen molar-refractivity contribution in [2.75, 3.05) is 20.1 Å². The molecule has 0 amide bonds. The van der Waals surface area contributed by atoms with E-state index in [-0.39, 0.29) is 5.82 Å². The summed E-state index contributed by atoms with van der Waals surface area (Å²) in [6.45, 7) is 3.86. The Morgan fingerprint density at radius 1 is 1.30 bits per heavy atom. The van der Waals surface area contributed by atoms with Crippen LogP contribution >= 0.6 is 11.3 Å². The Morgan fingerprint density at radius 2 is 2.17 bits per heavy atom. The molecule has 0 aliphatic rings. The predicted molar refractivity (Wildman–Crippen MR) is 96.8 cm³/mol. The van der Waals surface area contributed by atoms with Crippen molar-refractivity contribution in [3.63, 3.8) is 0 Å². The minimum Gasteiger partial charge on any atom is -0.356 e. The molecule has 0 saturated carbocycles. The summed E-state index contributed by atoms with van der Waals surface area (Å²) in [6, 6.07) is 8.94. The molecule has 2 aromatic rings. The highest BCUT2D eigenvalue weighted by molar-refractivity contribution is 7.07. The van der Waals surface area contributed by atoms with Crippen molar-refractivity contribution in [2.24, 2.45) is 4.99 Å². The van der Waals surface area contributed by atoms with E-state index in [2.05, 4.69) is 39.4 Å². The van der Waals surface area contributed by atoms with E-state index in [9.17, 15) is 4.39 Å². The molecule has 2 rings (SSSR count). The van der Waals surface area contributed by atoms with Crippen LogP contribution in [-0.2, 0) is 6.42 Å². The van der Waals surface area contributed by atoms with Crippen LogP contribution in [0.5, 0.6) is 0 Å². The topological polar surface area (TPSA) is 36.4 Å². The average molecular weight is 333 g/mol. The van der Waals surface area contributed by atoms with Gasteiger partial charge >= 0.3 is 0 Å². The molecule has 2 N–H and O–H groups in total. The molecule has 0 saturated heterocycles. The van der Waals surface area contributed by atoms with Gasteiger partial charge in [0.2, 0.25) is 0 Å². The second-order valence-electron chi connectivity index (χ2n) is 5.57. The predicted octanol–water partition coefficient (Wildman–Crippen LogP) is 3.79. The first-order chi connectivity index (χ1) is 11.2. The molecule has 124 valence electrons. The van der Waals surface area contributed by atoms with E-state index in [1.54, 1.807) is 30.5 Å². The summed E-state index contributed by atoms with van der Waals surface area (Å²) in [5.41, 5.74) is 2.38. The molecular weight excluding hydrogens is 309 g/mol. The van der Waals surface area contributed by atoms with Crippen LogP contribution in [0.2, 0.25) is 0 Å². The Morgan fingerprint density at radius 3 is 2.87 bits per heavy atom. The summed E-state index contributed by atoms with van der Waals surface area (Å²) in [5.74, 6) is 1.09. The zero-order chi connectivity index (χ0) is 16.5. The number of rotatable bonds is 7. The number of hydrogen-bond donors (Lipinski definition) is 2. The van der Waals surface area contributed by atoms with Gasteiger partial charge < -0.3 is 10.6 Å². The first-order valence-corrected chi connectivity index (χ1v) is 8.84. The Kier molecular flexibility index (Phi) is 7.07. The summed E-state index contributed by atoms with van der Waals surface area (Å²) in [5, 5.41) is 10.9. The van der Waals surface area contributed by atoms with E-state index in [0.717, 1.165) is 37.5 Å². The van der Waals surface area contributed by atoms with Crippen LogP contribution in [0.3, 0.4) is 0 Å². The third-order valence-corrected chi connectivity index (χ3v) is 4.44. The quantitative estimate of drug-likeness (QED) is 0.459. The van der Waals surface area contributed by atoms with Crippen molar-refractivity contribution in [1.29, 1.82) is 0 Å². The number of benzene rings is 1. The van der Waals surface area contributed by atoms with E-state index >= 15 is 0 Å². The lowest BCUT2D eigenvalue weighted by Crippen LogP contribution is -2.39. The van der Waals surface area contributed by atoms with Crippen LogP contribution in [0.4, 0.5) is 4.39 Å². The van der Waals surface area contributed by atoms with Gasteiger partial charge in [-0.2, -0.15) is 11.3 Å². The number of nitrogens with one attached hydrogen (secondary N) is 2. The summed E-state index contributed by atoms with van der Waals surface area (Å²) < 4.78 is 13.1. The second-order valence-corrected chi connectivity index (χ2v) is 6.35. The van der Waals surface area contributed by atoms with Gasteiger partial charge in [0.05, 0.1) is 0 Å². The standard InChI is InChI=1S/C18H24FN3S/c1-14(16-8-10-23-13-16)12-22-18(20-2)21-9-4-6-15-5-3-7-17(19)11-15/h3,5,7-8,10-11,13-14H,4,6,9,12H2,1-2H3,(H2,20,21,22). The maximum absolute atomic E-state index is 13.1. The van der Waals surface area contributed by atoms with E-state index in [1.807, 2.05) is 6.07 Å². The van der Waals surface area contributed by atoms with Gasteiger partial charge in [0.25, 0.3) is 0 Å². The van der Waals surface area contributed by atoms with Crippen molar-refractivity contribution in [3.05, 3.63) is 58.0 Å². The fourth-order valence-electron chi connectivity index (χ4n) is 2.34. The fourth-order valence-corrected chi connectivity index (χ4v) is 3.12. The number of guanidine groups is 1. The molecule has 0 fully saturated rings. The summed E-state index contributed by atoms with van der Waals surface area (Å²) >= 11 is 1.72. The summed E-state index contributed by atoms with van der Waals surface area (Å²) in [6.07, 6.45) is 1.79. The molecule has 1 heterocycles. The maximum Gasteiger partial charge on any atom is 0.190 e. The van der Waals surface area contributed by atoms with Crippen LogP contribution in [0.1, 0.15) is 30.4 Å². The molecule has 23 heavy (non-hydrogen) atoms.